The summed E-state index contributed by atoms with van der Waals surface area (Å²) in [5.74, 6) is -1.46. The zero-order valence-corrected chi connectivity index (χ0v) is 16.7. The van der Waals surface area contributed by atoms with Crippen molar-refractivity contribution in [3.63, 3.8) is 0 Å². The minimum atomic E-state index is -4.15. The van der Waals surface area contributed by atoms with Crippen LogP contribution in [0.2, 0.25) is 0 Å². The second-order valence-electron chi connectivity index (χ2n) is 6.28. The van der Waals surface area contributed by atoms with Crippen molar-refractivity contribution in [1.82, 2.24) is 5.32 Å². The van der Waals surface area contributed by atoms with Gasteiger partial charge in [0.25, 0.3) is 15.9 Å². The van der Waals surface area contributed by atoms with Gasteiger partial charge in [-0.2, -0.15) is 8.78 Å². The third-order valence-corrected chi connectivity index (χ3v) is 5.52. The molecular formula is C21H17F3N2O4S. The van der Waals surface area contributed by atoms with E-state index < -0.39 is 28.4 Å². The van der Waals surface area contributed by atoms with Gasteiger partial charge in [-0.3, -0.25) is 9.52 Å². The Labute approximate surface area is 176 Å². The van der Waals surface area contributed by atoms with E-state index >= 15 is 0 Å². The highest BCUT2D eigenvalue weighted by Gasteiger charge is 2.18. The van der Waals surface area contributed by atoms with Crippen molar-refractivity contribution >= 4 is 21.6 Å². The molecule has 0 radical (unpaired) electrons. The third kappa shape index (κ3) is 5.76. The van der Waals surface area contributed by atoms with E-state index in [-0.39, 0.29) is 28.4 Å². The van der Waals surface area contributed by atoms with Gasteiger partial charge in [0.1, 0.15) is 11.6 Å². The number of carbonyl (C=O) groups excluding carboxylic acids is 1. The number of amides is 1. The normalized spacial score (nSPS) is 11.2. The van der Waals surface area contributed by atoms with Crippen LogP contribution in [0, 0.1) is 5.82 Å². The molecule has 3 rings (SSSR count). The summed E-state index contributed by atoms with van der Waals surface area (Å²) in [6, 6.07) is 16.4. The second-order valence-corrected chi connectivity index (χ2v) is 7.96. The van der Waals surface area contributed by atoms with Crippen LogP contribution in [0.3, 0.4) is 0 Å². The Morgan fingerprint density at radius 2 is 1.68 bits per heavy atom. The number of para-hydroxylation sites is 2. The van der Waals surface area contributed by atoms with Crippen LogP contribution in [0.15, 0.2) is 77.7 Å². The van der Waals surface area contributed by atoms with Crippen LogP contribution in [0.4, 0.5) is 18.9 Å². The van der Waals surface area contributed by atoms with E-state index in [9.17, 15) is 26.4 Å². The zero-order valence-electron chi connectivity index (χ0n) is 15.9. The first kappa shape index (κ1) is 22.2. The summed E-state index contributed by atoms with van der Waals surface area (Å²) in [6.45, 7) is -3.13. The summed E-state index contributed by atoms with van der Waals surface area (Å²) in [5.41, 5.74) is 0.109. The molecule has 162 valence electrons. The van der Waals surface area contributed by atoms with Crippen molar-refractivity contribution in [3.8, 4) is 5.75 Å². The lowest BCUT2D eigenvalue weighted by atomic mass is 10.1. The Kier molecular flexibility index (Phi) is 6.81. The molecular weight excluding hydrogens is 433 g/mol. The number of anilines is 1. The van der Waals surface area contributed by atoms with Crippen LogP contribution in [-0.2, 0) is 16.6 Å². The first-order chi connectivity index (χ1) is 14.8. The highest BCUT2D eigenvalue weighted by Crippen LogP contribution is 2.21. The predicted octanol–water partition coefficient (Wildman–Crippen LogP) is 4.16. The Hall–Kier alpha value is -3.53. The minimum absolute atomic E-state index is 0.0173. The third-order valence-electron chi connectivity index (χ3n) is 4.15. The van der Waals surface area contributed by atoms with E-state index in [0.717, 1.165) is 12.1 Å². The molecule has 6 nitrogen and oxygen atoms in total. The van der Waals surface area contributed by atoms with Gasteiger partial charge in [0, 0.05) is 17.7 Å². The SMILES string of the molecule is O=C(NCc1ccccc1OC(F)F)c1cccc(S(=O)(=O)Nc2ccccc2F)c1. The Morgan fingerprint density at radius 1 is 0.968 bits per heavy atom. The molecule has 0 aliphatic rings. The second kappa shape index (κ2) is 9.52. The molecule has 0 atom stereocenters. The van der Waals surface area contributed by atoms with Crippen molar-refractivity contribution < 1.29 is 31.1 Å². The molecule has 10 heteroatoms. The van der Waals surface area contributed by atoms with E-state index in [0.29, 0.717) is 5.56 Å². The number of benzene rings is 3. The van der Waals surface area contributed by atoms with Crippen molar-refractivity contribution in [3.05, 3.63) is 89.7 Å². The summed E-state index contributed by atoms with van der Waals surface area (Å²) >= 11 is 0. The summed E-state index contributed by atoms with van der Waals surface area (Å²) < 4.78 is 70.4. The Bertz CT molecular complexity index is 1190. The summed E-state index contributed by atoms with van der Waals surface area (Å²) in [6.07, 6.45) is 0. The van der Waals surface area contributed by atoms with Gasteiger partial charge in [-0.15, -0.1) is 0 Å². The van der Waals surface area contributed by atoms with Crippen LogP contribution in [-0.4, -0.2) is 20.9 Å². The summed E-state index contributed by atoms with van der Waals surface area (Å²) in [7, 11) is -4.15. The highest BCUT2D eigenvalue weighted by atomic mass is 32.2. The number of nitrogens with one attached hydrogen (secondary N) is 2. The molecule has 0 aliphatic carbocycles. The molecule has 0 aliphatic heterocycles. The van der Waals surface area contributed by atoms with Gasteiger partial charge < -0.3 is 10.1 Å². The number of rotatable bonds is 8. The fourth-order valence-electron chi connectivity index (χ4n) is 2.69. The van der Waals surface area contributed by atoms with E-state index in [2.05, 4.69) is 14.8 Å². The number of ether oxygens (including phenoxy) is 1. The Morgan fingerprint density at radius 3 is 2.42 bits per heavy atom. The fourth-order valence-corrected chi connectivity index (χ4v) is 3.80. The van der Waals surface area contributed by atoms with Gasteiger partial charge in [0.2, 0.25) is 0 Å². The molecule has 0 bridgehead atoms. The number of hydrogen-bond acceptors (Lipinski definition) is 4. The lowest BCUT2D eigenvalue weighted by molar-refractivity contribution is -0.0504. The van der Waals surface area contributed by atoms with Crippen molar-refractivity contribution in [2.24, 2.45) is 0 Å². The molecule has 1 amide bonds. The maximum atomic E-state index is 13.8. The van der Waals surface area contributed by atoms with Crippen LogP contribution >= 0.6 is 0 Å². The molecule has 3 aromatic rings. The topological polar surface area (TPSA) is 84.5 Å². The van der Waals surface area contributed by atoms with E-state index in [1.807, 2.05) is 0 Å². The summed E-state index contributed by atoms with van der Waals surface area (Å²) in [4.78, 5) is 12.2. The number of halogens is 3. The number of hydrogen-bond donors (Lipinski definition) is 2. The average molecular weight is 450 g/mol. The maximum absolute atomic E-state index is 13.8. The monoisotopic (exact) mass is 450 g/mol. The first-order valence-electron chi connectivity index (χ1n) is 8.94. The molecule has 0 spiro atoms. The molecule has 0 unspecified atom stereocenters. The standard InChI is InChI=1S/C21H17F3N2O4S/c22-17-9-2-3-10-18(17)26-31(28,29)16-8-5-7-14(12-16)20(27)25-13-15-6-1-4-11-19(15)30-21(23)24/h1-12,21,26H,13H2,(H,25,27). The number of carbonyl (C=O) groups is 1. The van der Waals surface area contributed by atoms with Crippen molar-refractivity contribution in [2.45, 2.75) is 18.1 Å². The van der Waals surface area contributed by atoms with Crippen LogP contribution in [0.25, 0.3) is 0 Å². The lowest BCUT2D eigenvalue weighted by Crippen LogP contribution is -2.24. The molecule has 0 aromatic heterocycles. The first-order valence-corrected chi connectivity index (χ1v) is 10.4. The van der Waals surface area contributed by atoms with Gasteiger partial charge in [-0.1, -0.05) is 36.4 Å². The van der Waals surface area contributed by atoms with E-state index in [1.54, 1.807) is 6.07 Å². The highest BCUT2D eigenvalue weighted by molar-refractivity contribution is 7.92. The van der Waals surface area contributed by atoms with Crippen LogP contribution in [0.1, 0.15) is 15.9 Å². The molecule has 31 heavy (non-hydrogen) atoms. The molecule has 0 saturated carbocycles. The number of sulfonamides is 1. The molecule has 3 aromatic carbocycles. The maximum Gasteiger partial charge on any atom is 0.387 e. The quantitative estimate of drug-likeness (QED) is 0.540. The largest absolute Gasteiger partial charge is 0.434 e. The minimum Gasteiger partial charge on any atom is -0.434 e. The van der Waals surface area contributed by atoms with Gasteiger partial charge in [-0.25, -0.2) is 12.8 Å². The molecule has 0 fully saturated rings. The van der Waals surface area contributed by atoms with E-state index in [4.69, 9.17) is 0 Å². The van der Waals surface area contributed by atoms with Crippen LogP contribution in [0.5, 0.6) is 5.75 Å². The average Bonchev–Trinajstić information content (AvgIpc) is 2.74. The van der Waals surface area contributed by atoms with Crippen LogP contribution < -0.4 is 14.8 Å². The van der Waals surface area contributed by atoms with Crippen molar-refractivity contribution in [2.75, 3.05) is 4.72 Å². The molecule has 0 saturated heterocycles. The van der Waals surface area contributed by atoms with Gasteiger partial charge in [-0.05, 0) is 36.4 Å². The van der Waals surface area contributed by atoms with Gasteiger partial charge in [0.05, 0.1) is 10.6 Å². The Balaban J connectivity index is 1.74. The van der Waals surface area contributed by atoms with Gasteiger partial charge in [0.15, 0.2) is 0 Å². The smallest absolute Gasteiger partial charge is 0.387 e. The van der Waals surface area contributed by atoms with E-state index in [1.165, 1.54) is 54.6 Å². The molecule has 0 heterocycles. The number of alkyl halides is 2. The fraction of sp³-hybridized carbons (Fsp3) is 0.0952. The lowest BCUT2D eigenvalue weighted by Gasteiger charge is -2.12. The predicted molar refractivity (Wildman–Crippen MR) is 108 cm³/mol. The summed E-state index contributed by atoms with van der Waals surface area (Å²) in [5, 5.41) is 2.53. The van der Waals surface area contributed by atoms with Crippen molar-refractivity contribution in [1.29, 1.82) is 0 Å². The molecule has 2 N–H and O–H groups in total. The zero-order chi connectivity index (χ0) is 22.4. The van der Waals surface area contributed by atoms with Gasteiger partial charge >= 0.3 is 6.61 Å².